The molecule has 2 aliphatic rings. The molecule has 0 N–H and O–H groups in total. The molecular formula is C19H39IO6Si6. The molecule has 6 unspecified atom stereocenters. The number of rotatable bonds is 9. The van der Waals surface area contributed by atoms with E-state index in [4.69, 9.17) is 24.7 Å². The molecule has 182 valence electrons. The average molecular weight is 659 g/mol. The van der Waals surface area contributed by atoms with Gasteiger partial charge in [0.15, 0.2) is 0 Å². The summed E-state index contributed by atoms with van der Waals surface area (Å²) in [6, 6.07) is 0. The van der Waals surface area contributed by atoms with E-state index >= 15 is 0 Å². The zero-order chi connectivity index (χ0) is 24.6. The Hall–Kier alpha value is 0.751. The van der Waals surface area contributed by atoms with Crippen LogP contribution in [-0.2, 0) is 24.7 Å². The summed E-state index contributed by atoms with van der Waals surface area (Å²) >= 11 is 2.45. The molecule has 0 spiro atoms. The number of halogens is 1. The molecular weight excluding hydrogens is 620 g/mol. The van der Waals surface area contributed by atoms with Gasteiger partial charge in [0, 0.05) is 9.97 Å². The summed E-state index contributed by atoms with van der Waals surface area (Å²) in [7, 11) is -15.4. The van der Waals surface area contributed by atoms with Crippen LogP contribution in [0.4, 0.5) is 0 Å². The highest BCUT2D eigenvalue weighted by molar-refractivity contribution is 14.1. The average Bonchev–Trinajstić information content (AvgIpc) is 2.70. The van der Waals surface area contributed by atoms with E-state index in [1.165, 1.54) is 0 Å². The summed E-state index contributed by atoms with van der Waals surface area (Å²) in [6.07, 6.45) is 0.890. The molecule has 0 aromatic heterocycles. The second-order valence-corrected chi connectivity index (χ2v) is 30.9. The van der Waals surface area contributed by atoms with Crippen LogP contribution in [0, 0.1) is 0 Å². The largest absolute Gasteiger partial charge is 0.412 e. The summed E-state index contributed by atoms with van der Waals surface area (Å²) in [6.45, 7) is 30.8. The van der Waals surface area contributed by atoms with E-state index in [9.17, 15) is 0 Å². The molecule has 32 heavy (non-hydrogen) atoms. The number of hydrogen-bond donors (Lipinski definition) is 0. The first-order valence-electron chi connectivity index (χ1n) is 10.9. The third-order valence-corrected chi connectivity index (χ3v) is 34.6. The standard InChI is InChI=1S/C19H39IO6Si6/c1-12-27(6)21-28(7,13-2)24-31(10,23-27)18(5)16-19(17-20)32(11)25-29(8,14-3)22-30(9,15-4)26-32/h12-15,18-19H,1-4,16-17H2,5-11H3. The van der Waals surface area contributed by atoms with Crippen molar-refractivity contribution in [1.29, 1.82) is 0 Å². The highest BCUT2D eigenvalue weighted by atomic mass is 127. The SMILES string of the molecule is C=C[Si]1(C)O[Si](C)(C=C)O[Si](C)(C(C)CC(CI)[Si]2(C)O[Si](C)(C=C)O[Si](C)(C=C)O2)O1. The van der Waals surface area contributed by atoms with Crippen LogP contribution < -0.4 is 0 Å². The van der Waals surface area contributed by atoms with E-state index in [0.717, 1.165) is 10.8 Å². The van der Waals surface area contributed by atoms with Gasteiger partial charge < -0.3 is 24.7 Å². The molecule has 6 atom stereocenters. The first-order valence-corrected chi connectivity index (χ1v) is 26.8. The van der Waals surface area contributed by atoms with Gasteiger partial charge in [-0.1, -0.05) is 52.3 Å². The van der Waals surface area contributed by atoms with Gasteiger partial charge in [0.1, 0.15) is 0 Å². The topological polar surface area (TPSA) is 55.4 Å². The molecule has 13 heteroatoms. The van der Waals surface area contributed by atoms with Crippen molar-refractivity contribution in [2.24, 2.45) is 0 Å². The van der Waals surface area contributed by atoms with E-state index in [1.807, 2.05) is 35.9 Å². The summed E-state index contributed by atoms with van der Waals surface area (Å²) in [5.41, 5.74) is 7.91. The van der Waals surface area contributed by atoms with Gasteiger partial charge in [-0.3, -0.25) is 0 Å². The van der Waals surface area contributed by atoms with Crippen molar-refractivity contribution in [2.45, 2.75) is 63.7 Å². The first kappa shape index (κ1) is 29.0. The Morgan fingerprint density at radius 2 is 0.938 bits per heavy atom. The minimum absolute atomic E-state index is 0.206. The molecule has 6 nitrogen and oxygen atoms in total. The summed E-state index contributed by atoms with van der Waals surface area (Å²) in [5, 5.41) is 0. The molecule has 0 aliphatic carbocycles. The third-order valence-electron chi connectivity index (χ3n) is 6.38. The smallest absolute Gasteiger partial charge is 0.343 e. The van der Waals surface area contributed by atoms with Crippen LogP contribution in [0.2, 0.25) is 50.4 Å². The Labute approximate surface area is 214 Å². The summed E-state index contributed by atoms with van der Waals surface area (Å²) in [4.78, 5) is 0. The maximum atomic E-state index is 6.70. The van der Waals surface area contributed by atoms with Gasteiger partial charge in [-0.25, -0.2) is 0 Å². The van der Waals surface area contributed by atoms with Crippen LogP contribution in [0.25, 0.3) is 0 Å². The molecule has 2 fully saturated rings. The van der Waals surface area contributed by atoms with Gasteiger partial charge in [-0.15, -0.1) is 26.3 Å². The van der Waals surface area contributed by atoms with Gasteiger partial charge >= 0.3 is 51.4 Å². The van der Waals surface area contributed by atoms with Crippen LogP contribution in [0.5, 0.6) is 0 Å². The van der Waals surface area contributed by atoms with Crippen molar-refractivity contribution in [1.82, 2.24) is 0 Å². The number of alkyl halides is 1. The van der Waals surface area contributed by atoms with Crippen molar-refractivity contribution in [3.05, 3.63) is 49.1 Å². The van der Waals surface area contributed by atoms with Crippen molar-refractivity contribution in [2.75, 3.05) is 4.43 Å². The lowest BCUT2D eigenvalue weighted by Crippen LogP contribution is -2.69. The maximum Gasteiger partial charge on any atom is 0.343 e. The van der Waals surface area contributed by atoms with Crippen LogP contribution in [-0.4, -0.2) is 55.8 Å². The van der Waals surface area contributed by atoms with E-state index in [-0.39, 0.29) is 11.1 Å². The van der Waals surface area contributed by atoms with E-state index in [0.29, 0.717) is 0 Å². The molecule has 0 amide bonds. The second kappa shape index (κ2) is 10.0. The zero-order valence-corrected chi connectivity index (χ0v) is 28.7. The minimum atomic E-state index is -2.62. The van der Waals surface area contributed by atoms with Gasteiger partial charge in [-0.2, -0.15) is 0 Å². The summed E-state index contributed by atoms with van der Waals surface area (Å²) < 4.78 is 40.3. The van der Waals surface area contributed by atoms with Crippen LogP contribution in [0.15, 0.2) is 49.1 Å². The zero-order valence-electron chi connectivity index (χ0n) is 20.5. The lowest BCUT2D eigenvalue weighted by Gasteiger charge is -2.53. The monoisotopic (exact) mass is 658 g/mol. The van der Waals surface area contributed by atoms with Crippen LogP contribution >= 0.6 is 22.6 Å². The Bertz CT molecular complexity index is 731. The predicted octanol–water partition coefficient (Wildman–Crippen LogP) is 6.03. The molecule has 2 heterocycles. The van der Waals surface area contributed by atoms with Crippen molar-refractivity contribution in [3.8, 4) is 0 Å². The molecule has 2 aliphatic heterocycles. The maximum absolute atomic E-state index is 6.70. The second-order valence-electron chi connectivity index (χ2n) is 9.51. The molecule has 0 saturated carbocycles. The Morgan fingerprint density at radius 1 is 0.625 bits per heavy atom. The molecule has 0 aromatic rings. The fourth-order valence-electron chi connectivity index (χ4n) is 4.30. The van der Waals surface area contributed by atoms with Gasteiger partial charge in [0.05, 0.1) is 0 Å². The Kier molecular flexibility index (Phi) is 9.07. The lowest BCUT2D eigenvalue weighted by molar-refractivity contribution is 0.222. The predicted molar refractivity (Wildman–Crippen MR) is 154 cm³/mol. The number of hydrogen-bond acceptors (Lipinski definition) is 6. The van der Waals surface area contributed by atoms with Crippen LogP contribution in [0.1, 0.15) is 13.3 Å². The molecule has 2 rings (SSSR count). The third kappa shape index (κ3) is 6.11. The van der Waals surface area contributed by atoms with Crippen molar-refractivity contribution < 1.29 is 24.7 Å². The molecule has 0 aromatic carbocycles. The lowest BCUT2D eigenvalue weighted by atomic mass is 10.2. The Balaban J connectivity index is 2.36. The fourth-order valence-corrected chi connectivity index (χ4v) is 37.2. The van der Waals surface area contributed by atoms with Crippen molar-refractivity contribution >= 4 is 74.0 Å². The fraction of sp³-hybridized carbons (Fsp3) is 0.579. The highest BCUT2D eigenvalue weighted by Gasteiger charge is 2.61. The van der Waals surface area contributed by atoms with Gasteiger partial charge in [0.25, 0.3) is 0 Å². The summed E-state index contributed by atoms with van der Waals surface area (Å²) in [5.74, 6) is 0. The first-order chi connectivity index (χ1) is 14.6. The molecule has 0 bridgehead atoms. The van der Waals surface area contributed by atoms with E-state index in [2.05, 4.69) is 82.0 Å². The Morgan fingerprint density at radius 3 is 1.22 bits per heavy atom. The van der Waals surface area contributed by atoms with Crippen LogP contribution in [0.3, 0.4) is 0 Å². The normalized spacial score (nSPS) is 46.6. The van der Waals surface area contributed by atoms with Gasteiger partial charge in [-0.05, 0) is 51.2 Å². The quantitative estimate of drug-likeness (QED) is 0.171. The molecule has 2 saturated heterocycles. The minimum Gasteiger partial charge on any atom is -0.412 e. The van der Waals surface area contributed by atoms with E-state index < -0.39 is 51.4 Å². The van der Waals surface area contributed by atoms with E-state index in [1.54, 1.807) is 0 Å². The van der Waals surface area contributed by atoms with Crippen molar-refractivity contribution in [3.63, 3.8) is 0 Å². The highest BCUT2D eigenvalue weighted by Crippen LogP contribution is 2.46. The van der Waals surface area contributed by atoms with Gasteiger partial charge in [0.2, 0.25) is 0 Å². The molecule has 0 radical (unpaired) electrons.